The first-order valence-electron chi connectivity index (χ1n) is 4.29. The van der Waals surface area contributed by atoms with Crippen molar-refractivity contribution < 1.29 is 18.7 Å². The highest BCUT2D eigenvalue weighted by Crippen LogP contribution is 2.39. The Hall–Kier alpha value is -0.930. The average molecular weight is 188 g/mol. The van der Waals surface area contributed by atoms with Crippen LogP contribution >= 0.6 is 0 Å². The fraction of sp³-hybridized carbons (Fsp3) is 0.778. The van der Waals surface area contributed by atoms with Crippen LogP contribution in [0.4, 0.5) is 4.39 Å². The summed E-state index contributed by atoms with van der Waals surface area (Å²) < 4.78 is 17.4. The highest BCUT2D eigenvalue weighted by Gasteiger charge is 2.51. The first kappa shape index (κ1) is 10.2. The molecule has 0 unspecified atom stereocenters. The van der Waals surface area contributed by atoms with Crippen molar-refractivity contribution in [1.29, 1.82) is 0 Å². The van der Waals surface area contributed by atoms with Crippen molar-refractivity contribution >= 4 is 11.8 Å². The maximum Gasteiger partial charge on any atom is 0.315 e. The van der Waals surface area contributed by atoms with Gasteiger partial charge in [0.05, 0.1) is 6.10 Å². The SMILES string of the molecule is CC(C)OC(=O)C1(CF)CC(=O)C1. The Morgan fingerprint density at radius 1 is 1.62 bits per heavy atom. The van der Waals surface area contributed by atoms with E-state index in [0.717, 1.165) is 0 Å². The summed E-state index contributed by atoms with van der Waals surface area (Å²) in [5, 5.41) is 0. The fourth-order valence-corrected chi connectivity index (χ4v) is 1.34. The molecule has 4 heteroatoms. The van der Waals surface area contributed by atoms with Gasteiger partial charge >= 0.3 is 5.97 Å². The third-order valence-electron chi connectivity index (χ3n) is 2.10. The lowest BCUT2D eigenvalue weighted by Gasteiger charge is -2.35. The third-order valence-corrected chi connectivity index (χ3v) is 2.10. The number of rotatable bonds is 3. The number of alkyl halides is 1. The minimum absolute atomic E-state index is 0.00491. The molecule has 0 aromatic heterocycles. The third kappa shape index (κ3) is 1.87. The van der Waals surface area contributed by atoms with Crippen molar-refractivity contribution in [2.75, 3.05) is 6.67 Å². The number of hydrogen-bond acceptors (Lipinski definition) is 3. The molecule has 3 nitrogen and oxygen atoms in total. The molecule has 13 heavy (non-hydrogen) atoms. The van der Waals surface area contributed by atoms with Gasteiger partial charge in [0, 0.05) is 12.8 Å². The second-order valence-electron chi connectivity index (χ2n) is 3.76. The molecular formula is C9H13FO3. The maximum atomic E-state index is 12.5. The summed E-state index contributed by atoms with van der Waals surface area (Å²) in [6, 6.07) is 0. The smallest absolute Gasteiger partial charge is 0.315 e. The zero-order chi connectivity index (χ0) is 10.1. The number of hydrogen-bond donors (Lipinski definition) is 0. The molecule has 0 aliphatic heterocycles. The number of carbonyl (C=O) groups is 2. The molecule has 0 amide bonds. The minimum Gasteiger partial charge on any atom is -0.462 e. The van der Waals surface area contributed by atoms with Crippen LogP contribution in [0.2, 0.25) is 0 Å². The van der Waals surface area contributed by atoms with Crippen molar-refractivity contribution in [2.45, 2.75) is 32.8 Å². The van der Waals surface area contributed by atoms with Gasteiger partial charge in [-0.05, 0) is 13.8 Å². The molecule has 0 N–H and O–H groups in total. The molecule has 1 aliphatic carbocycles. The monoisotopic (exact) mass is 188 g/mol. The molecule has 74 valence electrons. The zero-order valence-corrected chi connectivity index (χ0v) is 7.80. The van der Waals surface area contributed by atoms with Gasteiger partial charge in [-0.3, -0.25) is 9.59 Å². The number of carbonyl (C=O) groups excluding carboxylic acids is 2. The Bertz CT molecular complexity index is 227. The van der Waals surface area contributed by atoms with Gasteiger partial charge in [-0.25, -0.2) is 4.39 Å². The first-order valence-corrected chi connectivity index (χ1v) is 4.29. The number of ketones is 1. The van der Waals surface area contributed by atoms with Crippen LogP contribution in [0, 0.1) is 5.41 Å². The minimum atomic E-state index is -1.15. The van der Waals surface area contributed by atoms with E-state index in [9.17, 15) is 14.0 Å². The highest BCUT2D eigenvalue weighted by molar-refractivity contribution is 5.97. The Kier molecular flexibility index (Phi) is 2.68. The lowest BCUT2D eigenvalue weighted by atomic mass is 9.69. The van der Waals surface area contributed by atoms with Crippen LogP contribution in [0.1, 0.15) is 26.7 Å². The molecule has 0 radical (unpaired) electrons. The number of esters is 1. The van der Waals surface area contributed by atoms with Crippen LogP contribution in [0.5, 0.6) is 0 Å². The van der Waals surface area contributed by atoms with E-state index >= 15 is 0 Å². The van der Waals surface area contributed by atoms with Crippen LogP contribution in [0.25, 0.3) is 0 Å². The Balaban J connectivity index is 2.57. The molecule has 0 bridgehead atoms. The summed E-state index contributed by atoms with van der Waals surface area (Å²) in [6.45, 7) is 2.60. The molecule has 0 saturated heterocycles. The maximum absolute atomic E-state index is 12.5. The van der Waals surface area contributed by atoms with E-state index in [-0.39, 0.29) is 24.7 Å². The van der Waals surface area contributed by atoms with Gasteiger partial charge in [0.25, 0.3) is 0 Å². The van der Waals surface area contributed by atoms with Crippen LogP contribution in [0.15, 0.2) is 0 Å². The van der Waals surface area contributed by atoms with Gasteiger partial charge in [-0.2, -0.15) is 0 Å². The summed E-state index contributed by atoms with van der Waals surface area (Å²) in [6.07, 6.45) is -0.268. The van der Waals surface area contributed by atoms with Gasteiger partial charge in [0.15, 0.2) is 0 Å². The summed E-state index contributed by atoms with van der Waals surface area (Å²) in [4.78, 5) is 22.0. The number of ether oxygens (including phenoxy) is 1. The van der Waals surface area contributed by atoms with Gasteiger partial charge in [-0.1, -0.05) is 0 Å². The van der Waals surface area contributed by atoms with E-state index in [2.05, 4.69) is 0 Å². The zero-order valence-electron chi connectivity index (χ0n) is 7.80. The lowest BCUT2D eigenvalue weighted by molar-refractivity contribution is -0.171. The van der Waals surface area contributed by atoms with E-state index in [4.69, 9.17) is 4.74 Å². The summed E-state index contributed by atoms with van der Waals surface area (Å²) >= 11 is 0. The molecular weight excluding hydrogens is 175 g/mol. The van der Waals surface area contributed by atoms with Crippen LogP contribution < -0.4 is 0 Å². The molecule has 1 saturated carbocycles. The molecule has 1 rings (SSSR count). The summed E-state index contributed by atoms with van der Waals surface area (Å²) in [5.74, 6) is -0.650. The molecule has 0 heterocycles. The standard InChI is InChI=1S/C9H13FO3/c1-6(2)13-8(12)9(5-10)3-7(11)4-9/h6H,3-5H2,1-2H3. The molecule has 0 aromatic carbocycles. The quantitative estimate of drug-likeness (QED) is 0.626. The predicted octanol–water partition coefficient (Wildman–Crippen LogP) is 1.26. The normalized spacial score (nSPS) is 19.8. The van der Waals surface area contributed by atoms with Crippen molar-refractivity contribution in [2.24, 2.45) is 5.41 Å². The van der Waals surface area contributed by atoms with E-state index in [1.165, 1.54) is 0 Å². The fourth-order valence-electron chi connectivity index (χ4n) is 1.34. The Morgan fingerprint density at radius 3 is 2.46 bits per heavy atom. The molecule has 1 fully saturated rings. The number of halogens is 1. The molecule has 0 atom stereocenters. The molecule has 1 aliphatic rings. The largest absolute Gasteiger partial charge is 0.462 e. The molecule has 0 aromatic rings. The summed E-state index contributed by atoms with van der Waals surface area (Å²) in [5.41, 5.74) is -1.15. The Morgan fingerprint density at radius 2 is 2.15 bits per heavy atom. The second kappa shape index (κ2) is 3.44. The van der Waals surface area contributed by atoms with E-state index in [0.29, 0.717) is 0 Å². The van der Waals surface area contributed by atoms with Gasteiger partial charge in [0.1, 0.15) is 17.9 Å². The topological polar surface area (TPSA) is 43.4 Å². The van der Waals surface area contributed by atoms with E-state index in [1.54, 1.807) is 13.8 Å². The average Bonchev–Trinajstić information content (AvgIpc) is 1.96. The van der Waals surface area contributed by atoms with Crippen LogP contribution in [-0.2, 0) is 14.3 Å². The van der Waals surface area contributed by atoms with Crippen molar-refractivity contribution in [3.63, 3.8) is 0 Å². The van der Waals surface area contributed by atoms with Crippen molar-refractivity contribution in [3.05, 3.63) is 0 Å². The second-order valence-corrected chi connectivity index (χ2v) is 3.76. The van der Waals surface area contributed by atoms with Gasteiger partial charge < -0.3 is 4.74 Å². The van der Waals surface area contributed by atoms with E-state index in [1.807, 2.05) is 0 Å². The first-order chi connectivity index (χ1) is 6.00. The summed E-state index contributed by atoms with van der Waals surface area (Å²) in [7, 11) is 0. The van der Waals surface area contributed by atoms with Crippen LogP contribution in [0.3, 0.4) is 0 Å². The number of Topliss-reactive ketones (excluding diaryl/α,β-unsaturated/α-hetero) is 1. The van der Waals surface area contributed by atoms with Crippen molar-refractivity contribution in [3.8, 4) is 0 Å². The van der Waals surface area contributed by atoms with Crippen molar-refractivity contribution in [1.82, 2.24) is 0 Å². The Labute approximate surface area is 76.3 Å². The highest BCUT2D eigenvalue weighted by atomic mass is 19.1. The van der Waals surface area contributed by atoms with Gasteiger partial charge in [0.2, 0.25) is 0 Å². The van der Waals surface area contributed by atoms with Gasteiger partial charge in [-0.15, -0.1) is 0 Å². The molecule has 0 spiro atoms. The van der Waals surface area contributed by atoms with Crippen LogP contribution in [-0.4, -0.2) is 24.5 Å². The predicted molar refractivity (Wildman–Crippen MR) is 43.9 cm³/mol. The lowest BCUT2D eigenvalue weighted by Crippen LogP contribution is -2.47. The van der Waals surface area contributed by atoms with E-state index < -0.39 is 18.1 Å².